The lowest BCUT2D eigenvalue weighted by Crippen LogP contribution is -2.38. The number of nitrogens with one attached hydrogen (secondary N) is 1. The molecule has 0 bridgehead atoms. The highest BCUT2D eigenvalue weighted by Gasteiger charge is 2.25. The maximum atomic E-state index is 12.5. The van der Waals surface area contributed by atoms with Gasteiger partial charge < -0.3 is 11.1 Å². The first-order valence-electron chi connectivity index (χ1n) is 9.94. The molecule has 1 aliphatic carbocycles. The number of nitrogens with two attached hydrogens (primary N) is 1. The molecule has 1 saturated carbocycles. The molecule has 2 fully saturated rings. The van der Waals surface area contributed by atoms with E-state index >= 15 is 0 Å². The summed E-state index contributed by atoms with van der Waals surface area (Å²) in [6.45, 7) is 6.33. The van der Waals surface area contributed by atoms with Crippen LogP contribution in [0.5, 0.6) is 0 Å². The fraction of sp³-hybridized carbons (Fsp3) is 0.667. The van der Waals surface area contributed by atoms with E-state index in [0.29, 0.717) is 6.54 Å². The maximum Gasteiger partial charge on any atom is 0.223 e. The Labute approximate surface area is 152 Å². The number of carbonyl (C=O) groups excluding carboxylic acids is 1. The number of carbonyl (C=O) groups is 1. The third kappa shape index (κ3) is 5.29. The van der Waals surface area contributed by atoms with E-state index in [2.05, 4.69) is 41.4 Å². The molecule has 1 aromatic rings. The Morgan fingerprint density at radius 3 is 2.76 bits per heavy atom. The van der Waals surface area contributed by atoms with Gasteiger partial charge in [-0.25, -0.2) is 0 Å². The second-order valence-corrected chi connectivity index (χ2v) is 8.09. The molecule has 2 aliphatic rings. The monoisotopic (exact) mass is 343 g/mol. The smallest absolute Gasteiger partial charge is 0.223 e. The van der Waals surface area contributed by atoms with Gasteiger partial charge >= 0.3 is 0 Å². The molecule has 0 aromatic heterocycles. The molecular formula is C21H33N3O. The molecule has 4 nitrogen and oxygen atoms in total. The zero-order valence-electron chi connectivity index (χ0n) is 15.5. The Bertz CT molecular complexity index is 574. The second kappa shape index (κ2) is 8.81. The largest absolute Gasteiger partial charge is 0.352 e. The number of nitrogens with zero attached hydrogens (tertiary/aromatic N) is 1. The van der Waals surface area contributed by atoms with Gasteiger partial charge in [0.05, 0.1) is 0 Å². The summed E-state index contributed by atoms with van der Waals surface area (Å²) in [5.41, 5.74) is 8.61. The van der Waals surface area contributed by atoms with Gasteiger partial charge in [-0.15, -0.1) is 0 Å². The predicted molar refractivity (Wildman–Crippen MR) is 102 cm³/mol. The van der Waals surface area contributed by atoms with E-state index in [9.17, 15) is 4.79 Å². The molecule has 3 unspecified atom stereocenters. The van der Waals surface area contributed by atoms with Crippen LogP contribution in [0.2, 0.25) is 0 Å². The van der Waals surface area contributed by atoms with Crippen LogP contribution in [-0.2, 0) is 17.9 Å². The van der Waals surface area contributed by atoms with E-state index in [1.807, 2.05) is 0 Å². The van der Waals surface area contributed by atoms with Crippen LogP contribution in [-0.4, -0.2) is 29.9 Å². The zero-order valence-corrected chi connectivity index (χ0v) is 15.5. The van der Waals surface area contributed by atoms with E-state index in [0.717, 1.165) is 38.1 Å². The van der Waals surface area contributed by atoms with E-state index in [1.165, 1.54) is 37.1 Å². The molecule has 1 heterocycles. The first-order valence-corrected chi connectivity index (χ1v) is 9.94. The highest BCUT2D eigenvalue weighted by atomic mass is 16.1. The minimum Gasteiger partial charge on any atom is -0.352 e. The van der Waals surface area contributed by atoms with Crippen LogP contribution in [0.25, 0.3) is 0 Å². The summed E-state index contributed by atoms with van der Waals surface area (Å²) in [6.07, 6.45) is 6.58. The van der Waals surface area contributed by atoms with Crippen LogP contribution in [0.1, 0.15) is 56.6 Å². The predicted octanol–water partition coefficient (Wildman–Crippen LogP) is 3.05. The Kier molecular flexibility index (Phi) is 6.49. The van der Waals surface area contributed by atoms with Crippen molar-refractivity contribution in [3.63, 3.8) is 0 Å². The van der Waals surface area contributed by atoms with Gasteiger partial charge in [0.25, 0.3) is 0 Å². The van der Waals surface area contributed by atoms with Gasteiger partial charge in [-0.05, 0) is 55.7 Å². The lowest BCUT2D eigenvalue weighted by atomic mass is 9.85. The number of hydrogen-bond acceptors (Lipinski definition) is 3. The molecule has 1 saturated heterocycles. The van der Waals surface area contributed by atoms with E-state index in [-0.39, 0.29) is 17.9 Å². The summed E-state index contributed by atoms with van der Waals surface area (Å²) in [4.78, 5) is 15.0. The maximum absolute atomic E-state index is 12.5. The van der Waals surface area contributed by atoms with Crippen LogP contribution in [0.4, 0.5) is 0 Å². The molecule has 138 valence electrons. The van der Waals surface area contributed by atoms with Gasteiger partial charge in [-0.2, -0.15) is 0 Å². The number of rotatable bonds is 5. The minimum absolute atomic E-state index is 0.0962. The van der Waals surface area contributed by atoms with Crippen molar-refractivity contribution in [2.75, 3.05) is 13.1 Å². The standard InChI is InChI=1S/C21H33N3O/c1-16-6-5-11-24(14-16)15-19-8-3-2-7-18(19)13-23-21(25)17-9-4-10-20(22)12-17/h2-3,7-8,16-17,20H,4-6,9-15,22H2,1H3,(H,23,25). The highest BCUT2D eigenvalue weighted by molar-refractivity contribution is 5.78. The molecule has 25 heavy (non-hydrogen) atoms. The summed E-state index contributed by atoms with van der Waals surface area (Å²) >= 11 is 0. The number of benzene rings is 1. The summed E-state index contributed by atoms with van der Waals surface area (Å²) in [6, 6.07) is 8.72. The second-order valence-electron chi connectivity index (χ2n) is 8.09. The fourth-order valence-corrected chi connectivity index (χ4v) is 4.35. The Morgan fingerprint density at radius 1 is 1.20 bits per heavy atom. The van der Waals surface area contributed by atoms with Crippen molar-refractivity contribution >= 4 is 5.91 Å². The van der Waals surface area contributed by atoms with Crippen molar-refractivity contribution in [3.8, 4) is 0 Å². The van der Waals surface area contributed by atoms with Crippen molar-refractivity contribution in [3.05, 3.63) is 35.4 Å². The highest BCUT2D eigenvalue weighted by Crippen LogP contribution is 2.24. The van der Waals surface area contributed by atoms with E-state index in [1.54, 1.807) is 0 Å². The number of likely N-dealkylation sites (tertiary alicyclic amines) is 1. The van der Waals surface area contributed by atoms with Crippen molar-refractivity contribution in [1.82, 2.24) is 10.2 Å². The number of hydrogen-bond donors (Lipinski definition) is 2. The first kappa shape index (κ1) is 18.4. The van der Waals surface area contributed by atoms with E-state index < -0.39 is 0 Å². The van der Waals surface area contributed by atoms with Crippen molar-refractivity contribution < 1.29 is 4.79 Å². The Balaban J connectivity index is 1.56. The third-order valence-corrected chi connectivity index (χ3v) is 5.79. The molecule has 1 aromatic carbocycles. The third-order valence-electron chi connectivity index (χ3n) is 5.79. The molecule has 3 atom stereocenters. The van der Waals surface area contributed by atoms with Gasteiger partial charge in [-0.1, -0.05) is 37.6 Å². The molecule has 1 amide bonds. The zero-order chi connectivity index (χ0) is 17.6. The summed E-state index contributed by atoms with van der Waals surface area (Å²) in [7, 11) is 0. The van der Waals surface area contributed by atoms with Gasteiger partial charge in [0.15, 0.2) is 0 Å². The fourth-order valence-electron chi connectivity index (χ4n) is 4.35. The minimum atomic E-state index is 0.0962. The number of piperidine rings is 1. The Morgan fingerprint density at radius 2 is 2.00 bits per heavy atom. The van der Waals surface area contributed by atoms with Crippen molar-refractivity contribution in [2.45, 2.75) is 64.6 Å². The Hall–Kier alpha value is -1.39. The van der Waals surface area contributed by atoms with Crippen LogP contribution >= 0.6 is 0 Å². The van der Waals surface area contributed by atoms with Gasteiger partial charge in [-0.3, -0.25) is 9.69 Å². The quantitative estimate of drug-likeness (QED) is 0.864. The molecule has 0 spiro atoms. The van der Waals surface area contributed by atoms with Crippen molar-refractivity contribution in [1.29, 1.82) is 0 Å². The lowest BCUT2D eigenvalue weighted by molar-refractivity contribution is -0.126. The molecular weight excluding hydrogens is 310 g/mol. The van der Waals surface area contributed by atoms with Crippen LogP contribution < -0.4 is 11.1 Å². The molecule has 1 aliphatic heterocycles. The lowest BCUT2D eigenvalue weighted by Gasteiger charge is -2.31. The van der Waals surface area contributed by atoms with Gasteiger partial charge in [0.1, 0.15) is 0 Å². The average molecular weight is 344 g/mol. The molecule has 3 N–H and O–H groups in total. The van der Waals surface area contributed by atoms with Gasteiger partial charge in [0.2, 0.25) is 5.91 Å². The topological polar surface area (TPSA) is 58.4 Å². The summed E-state index contributed by atoms with van der Waals surface area (Å²) in [5.74, 6) is 1.06. The first-order chi connectivity index (χ1) is 12.1. The summed E-state index contributed by atoms with van der Waals surface area (Å²) in [5, 5.41) is 3.16. The molecule has 4 heteroatoms. The average Bonchev–Trinajstić information content (AvgIpc) is 2.61. The van der Waals surface area contributed by atoms with Crippen molar-refractivity contribution in [2.24, 2.45) is 17.6 Å². The van der Waals surface area contributed by atoms with E-state index in [4.69, 9.17) is 5.73 Å². The SMILES string of the molecule is CC1CCCN(Cc2ccccc2CNC(=O)C2CCCC(N)C2)C1. The molecule has 0 radical (unpaired) electrons. The summed E-state index contributed by atoms with van der Waals surface area (Å²) < 4.78 is 0. The van der Waals surface area contributed by atoms with Crippen LogP contribution in [0.3, 0.4) is 0 Å². The van der Waals surface area contributed by atoms with Crippen LogP contribution in [0, 0.1) is 11.8 Å². The number of amides is 1. The van der Waals surface area contributed by atoms with Gasteiger partial charge in [0, 0.05) is 31.6 Å². The molecule has 3 rings (SSSR count). The normalized spacial score (nSPS) is 27.8. The van der Waals surface area contributed by atoms with Crippen LogP contribution in [0.15, 0.2) is 24.3 Å².